The van der Waals surface area contributed by atoms with Crippen molar-refractivity contribution in [3.63, 3.8) is 0 Å². The van der Waals surface area contributed by atoms with E-state index in [1.807, 2.05) is 0 Å². The number of allylic oxidation sites excluding steroid dienone is 8. The SMILES string of the molecule is CC/C(=C\C=C/C(C)C/C=C\C1=C(C)C(C2CC2)=CN(C)N1)N(C)C. The van der Waals surface area contributed by atoms with Gasteiger partial charge in [0.1, 0.15) is 0 Å². The van der Waals surface area contributed by atoms with E-state index in [1.54, 1.807) is 0 Å². The molecule has 1 fully saturated rings. The first kappa shape index (κ1) is 19.4. The molecule has 1 unspecified atom stereocenters. The lowest BCUT2D eigenvalue weighted by Gasteiger charge is -2.27. The molecule has 0 aromatic rings. The molecule has 2 rings (SSSR count). The minimum atomic E-state index is 0.536. The Balaban J connectivity index is 1.91. The predicted molar refractivity (Wildman–Crippen MR) is 109 cm³/mol. The van der Waals surface area contributed by atoms with Gasteiger partial charge in [0, 0.05) is 33.0 Å². The van der Waals surface area contributed by atoms with Crippen LogP contribution in [0.4, 0.5) is 0 Å². The maximum absolute atomic E-state index is 3.45. The van der Waals surface area contributed by atoms with E-state index in [1.165, 1.54) is 35.4 Å². The molecule has 0 bridgehead atoms. The molecule has 0 spiro atoms. The highest BCUT2D eigenvalue weighted by atomic mass is 15.5. The van der Waals surface area contributed by atoms with Crippen molar-refractivity contribution >= 4 is 0 Å². The van der Waals surface area contributed by atoms with E-state index in [4.69, 9.17) is 0 Å². The molecular formula is C22H35N3. The van der Waals surface area contributed by atoms with Crippen LogP contribution in [0.25, 0.3) is 0 Å². The highest BCUT2D eigenvalue weighted by Crippen LogP contribution is 2.41. The Kier molecular flexibility index (Phi) is 6.98. The van der Waals surface area contributed by atoms with Crippen molar-refractivity contribution in [2.45, 2.75) is 46.5 Å². The van der Waals surface area contributed by atoms with Crippen molar-refractivity contribution in [3.8, 4) is 0 Å². The fourth-order valence-electron chi connectivity index (χ4n) is 3.15. The molecule has 0 aromatic heterocycles. The molecule has 0 amide bonds. The first-order valence-corrected chi connectivity index (χ1v) is 9.56. The molecule has 1 atom stereocenters. The van der Waals surface area contributed by atoms with Crippen LogP contribution in [0, 0.1) is 11.8 Å². The number of hydrogen-bond donors (Lipinski definition) is 1. The second-order valence-electron chi connectivity index (χ2n) is 7.53. The van der Waals surface area contributed by atoms with Crippen LogP contribution in [0.3, 0.4) is 0 Å². The van der Waals surface area contributed by atoms with E-state index in [2.05, 4.69) is 93.8 Å². The predicted octanol–water partition coefficient (Wildman–Crippen LogP) is 5.00. The van der Waals surface area contributed by atoms with Gasteiger partial charge in [0.15, 0.2) is 0 Å². The molecule has 1 heterocycles. The summed E-state index contributed by atoms with van der Waals surface area (Å²) in [7, 11) is 6.28. The minimum absolute atomic E-state index is 0.536. The Morgan fingerprint density at radius 3 is 2.72 bits per heavy atom. The van der Waals surface area contributed by atoms with Crippen LogP contribution in [0.15, 0.2) is 59.1 Å². The van der Waals surface area contributed by atoms with E-state index in [-0.39, 0.29) is 0 Å². The van der Waals surface area contributed by atoms with Gasteiger partial charge in [-0.15, -0.1) is 0 Å². The summed E-state index contributed by atoms with van der Waals surface area (Å²) in [5, 5.41) is 2.09. The lowest BCUT2D eigenvalue weighted by molar-refractivity contribution is 0.361. The van der Waals surface area contributed by atoms with Gasteiger partial charge in [-0.05, 0) is 67.7 Å². The summed E-state index contributed by atoms with van der Waals surface area (Å²) in [5.41, 5.74) is 8.96. The van der Waals surface area contributed by atoms with Crippen LogP contribution >= 0.6 is 0 Å². The summed E-state index contributed by atoms with van der Waals surface area (Å²) >= 11 is 0. The topological polar surface area (TPSA) is 18.5 Å². The third kappa shape index (κ3) is 5.84. The third-order valence-electron chi connectivity index (χ3n) is 4.94. The van der Waals surface area contributed by atoms with Crippen LogP contribution in [0.1, 0.15) is 46.5 Å². The van der Waals surface area contributed by atoms with Crippen LogP contribution in [0.5, 0.6) is 0 Å². The molecule has 0 radical (unpaired) electrons. The van der Waals surface area contributed by atoms with Gasteiger partial charge in [-0.3, -0.25) is 10.4 Å². The van der Waals surface area contributed by atoms with Gasteiger partial charge >= 0.3 is 0 Å². The highest BCUT2D eigenvalue weighted by molar-refractivity contribution is 5.42. The van der Waals surface area contributed by atoms with Gasteiger partial charge in [-0.2, -0.15) is 0 Å². The van der Waals surface area contributed by atoms with Crippen molar-refractivity contribution in [2.24, 2.45) is 11.8 Å². The molecule has 1 saturated carbocycles. The van der Waals surface area contributed by atoms with Crippen LogP contribution in [0.2, 0.25) is 0 Å². The zero-order valence-corrected chi connectivity index (χ0v) is 16.8. The number of hydrazine groups is 1. The Morgan fingerprint density at radius 1 is 1.40 bits per heavy atom. The van der Waals surface area contributed by atoms with E-state index >= 15 is 0 Å². The molecule has 1 aliphatic heterocycles. The first-order valence-electron chi connectivity index (χ1n) is 9.56. The van der Waals surface area contributed by atoms with Crippen molar-refractivity contribution in [2.75, 3.05) is 21.1 Å². The largest absolute Gasteiger partial charge is 0.381 e. The van der Waals surface area contributed by atoms with Gasteiger partial charge in [-0.25, -0.2) is 0 Å². The number of hydrogen-bond acceptors (Lipinski definition) is 3. The van der Waals surface area contributed by atoms with Crippen molar-refractivity contribution in [3.05, 3.63) is 59.1 Å². The molecule has 0 saturated heterocycles. The second-order valence-corrected chi connectivity index (χ2v) is 7.53. The van der Waals surface area contributed by atoms with Crippen molar-refractivity contribution in [1.82, 2.24) is 15.3 Å². The Hall–Kier alpha value is -1.90. The lowest BCUT2D eigenvalue weighted by Crippen LogP contribution is -2.33. The zero-order chi connectivity index (χ0) is 18.4. The molecule has 2 aliphatic rings. The average molecular weight is 342 g/mol. The van der Waals surface area contributed by atoms with Crippen molar-refractivity contribution < 1.29 is 0 Å². The summed E-state index contributed by atoms with van der Waals surface area (Å²) in [6.45, 7) is 6.71. The van der Waals surface area contributed by atoms with Gasteiger partial charge < -0.3 is 4.90 Å². The normalized spacial score (nSPS) is 20.3. The fraction of sp³-hybridized carbons (Fsp3) is 0.545. The van der Waals surface area contributed by atoms with Gasteiger partial charge in [0.2, 0.25) is 0 Å². The van der Waals surface area contributed by atoms with Crippen LogP contribution < -0.4 is 5.43 Å². The molecule has 25 heavy (non-hydrogen) atoms. The Bertz CT molecular complexity index is 601. The maximum atomic E-state index is 3.45. The quantitative estimate of drug-likeness (QED) is 0.627. The molecule has 1 aliphatic carbocycles. The summed E-state index contributed by atoms with van der Waals surface area (Å²) < 4.78 is 0. The number of nitrogens with one attached hydrogen (secondary N) is 1. The average Bonchev–Trinajstić information content (AvgIpc) is 3.39. The Labute approximate surface area is 154 Å². The van der Waals surface area contributed by atoms with Crippen LogP contribution in [-0.4, -0.2) is 31.1 Å². The molecule has 3 heteroatoms. The molecule has 1 N–H and O–H groups in total. The van der Waals surface area contributed by atoms with E-state index < -0.39 is 0 Å². The van der Waals surface area contributed by atoms with Gasteiger partial charge in [0.25, 0.3) is 0 Å². The van der Waals surface area contributed by atoms with Crippen molar-refractivity contribution in [1.29, 1.82) is 0 Å². The van der Waals surface area contributed by atoms with Gasteiger partial charge in [0.05, 0.1) is 5.70 Å². The monoisotopic (exact) mass is 341 g/mol. The number of nitrogens with zero attached hydrogens (tertiary/aromatic N) is 2. The first-order chi connectivity index (χ1) is 11.9. The van der Waals surface area contributed by atoms with E-state index in [0.29, 0.717) is 5.92 Å². The maximum Gasteiger partial charge on any atom is 0.0571 e. The summed E-state index contributed by atoms with van der Waals surface area (Å²) in [4.78, 5) is 2.18. The van der Waals surface area contributed by atoms with Gasteiger partial charge in [-0.1, -0.05) is 32.1 Å². The molecule has 138 valence electrons. The third-order valence-corrected chi connectivity index (χ3v) is 4.94. The minimum Gasteiger partial charge on any atom is -0.381 e. The molecule has 3 nitrogen and oxygen atoms in total. The fourth-order valence-corrected chi connectivity index (χ4v) is 3.15. The van der Waals surface area contributed by atoms with E-state index in [0.717, 1.165) is 18.8 Å². The number of rotatable bonds is 8. The summed E-state index contributed by atoms with van der Waals surface area (Å²) in [6.07, 6.45) is 18.3. The molecular weight excluding hydrogens is 306 g/mol. The standard InChI is InChI=1S/C22H35N3/c1-7-20(24(4)5)12-8-10-17(2)11-9-13-22-18(3)21(19-14-15-19)16-25(6)23-22/h8-10,12-13,16-17,19,23H,7,11,14-15H2,1-6H3/b10-8-,13-9-,20-12+. The summed E-state index contributed by atoms with van der Waals surface area (Å²) in [6, 6.07) is 0. The Morgan fingerprint density at radius 2 is 2.12 bits per heavy atom. The highest BCUT2D eigenvalue weighted by Gasteiger charge is 2.29. The second kappa shape index (κ2) is 8.98. The zero-order valence-electron chi connectivity index (χ0n) is 16.8. The van der Waals surface area contributed by atoms with E-state index in [9.17, 15) is 0 Å². The molecule has 0 aromatic carbocycles. The smallest absolute Gasteiger partial charge is 0.0571 e. The van der Waals surface area contributed by atoms with Crippen LogP contribution in [-0.2, 0) is 0 Å². The lowest BCUT2D eigenvalue weighted by atomic mass is 9.99. The summed E-state index contributed by atoms with van der Waals surface area (Å²) in [5.74, 6) is 1.32.